The Morgan fingerprint density at radius 1 is 1.08 bits per heavy atom. The molecule has 2 aromatic carbocycles. The first-order valence-corrected chi connectivity index (χ1v) is 15.0. The van der Waals surface area contributed by atoms with Crippen LogP contribution in [0.2, 0.25) is 0 Å². The number of rotatable bonds is 7. The van der Waals surface area contributed by atoms with Crippen molar-refractivity contribution in [1.82, 2.24) is 24.4 Å². The van der Waals surface area contributed by atoms with Crippen molar-refractivity contribution < 1.29 is 37.0 Å². The summed E-state index contributed by atoms with van der Waals surface area (Å²) in [4.78, 5) is 61.9. The Bertz CT molecular complexity index is 2230. The molecule has 0 bridgehead atoms. The number of carboxylic acids is 1. The number of benzene rings is 2. The van der Waals surface area contributed by atoms with Crippen LogP contribution in [0, 0.1) is 12.7 Å². The van der Waals surface area contributed by atoms with Crippen molar-refractivity contribution >= 4 is 39.5 Å². The molecule has 6 rings (SSSR count). The second kappa shape index (κ2) is 12.8. The van der Waals surface area contributed by atoms with Crippen LogP contribution in [0.25, 0.3) is 27.6 Å². The summed E-state index contributed by atoms with van der Waals surface area (Å²) in [6.45, 7) is 0.547. The van der Waals surface area contributed by atoms with Crippen LogP contribution >= 0.6 is 0 Å². The molecule has 4 heterocycles. The minimum atomic E-state index is -4.65. The molecule has 1 fully saturated rings. The number of aryl methyl sites for hydroxylation is 2. The van der Waals surface area contributed by atoms with Gasteiger partial charge in [-0.15, -0.1) is 0 Å². The standard InChI is InChI=1S/C33H28F4N6O6/c1-17-13-19(42-11-12-49-16-25(42)33(35,36)37)15-22(34)26(17)29(44)40-23(31(46)47)14-18-7-8-24(27-20(18)5-3-9-38-27)43-30(45)21-6-4-10-39-28(21)41(2)32(43)48/h3-10,13,15,23,25H,11-12,14,16H2,1-2H3,(H,40,44)(H,46,47)/t23?,25-/m1/s1. The van der Waals surface area contributed by atoms with Crippen molar-refractivity contribution in [3.05, 3.63) is 104 Å². The number of anilines is 1. The fourth-order valence-electron chi connectivity index (χ4n) is 6.08. The summed E-state index contributed by atoms with van der Waals surface area (Å²) in [5.41, 5.74) is -1.02. The molecule has 254 valence electrons. The number of aliphatic carboxylic acids is 1. The van der Waals surface area contributed by atoms with Crippen LogP contribution in [0.3, 0.4) is 0 Å². The van der Waals surface area contributed by atoms with Gasteiger partial charge in [0.05, 0.1) is 35.4 Å². The van der Waals surface area contributed by atoms with E-state index in [1.54, 1.807) is 18.2 Å². The van der Waals surface area contributed by atoms with Gasteiger partial charge in [0.15, 0.2) is 0 Å². The van der Waals surface area contributed by atoms with Crippen LogP contribution in [0.4, 0.5) is 23.2 Å². The van der Waals surface area contributed by atoms with Gasteiger partial charge in [0, 0.05) is 43.5 Å². The van der Waals surface area contributed by atoms with Gasteiger partial charge in [-0.25, -0.2) is 23.5 Å². The maximum Gasteiger partial charge on any atom is 0.411 e. The van der Waals surface area contributed by atoms with E-state index in [1.165, 1.54) is 55.2 Å². The van der Waals surface area contributed by atoms with Crippen LogP contribution in [0.15, 0.2) is 70.5 Å². The molecule has 0 radical (unpaired) electrons. The van der Waals surface area contributed by atoms with Crippen molar-refractivity contribution in [3.8, 4) is 5.69 Å². The number of carbonyl (C=O) groups excluding carboxylic acids is 1. The number of carboxylic acid groups (broad SMARTS) is 1. The maximum atomic E-state index is 15.4. The van der Waals surface area contributed by atoms with Gasteiger partial charge in [0.1, 0.15) is 23.5 Å². The predicted octanol–water partition coefficient (Wildman–Crippen LogP) is 3.27. The number of hydrogen-bond donors (Lipinski definition) is 2. The summed E-state index contributed by atoms with van der Waals surface area (Å²) in [6.07, 6.45) is -2.06. The molecular weight excluding hydrogens is 652 g/mol. The first-order valence-electron chi connectivity index (χ1n) is 15.0. The van der Waals surface area contributed by atoms with E-state index in [1.807, 2.05) is 0 Å². The van der Waals surface area contributed by atoms with Gasteiger partial charge in [-0.05, 0) is 54.4 Å². The molecule has 1 aliphatic heterocycles. The van der Waals surface area contributed by atoms with E-state index in [0.717, 1.165) is 15.5 Å². The minimum absolute atomic E-state index is 0.000616. The molecule has 2 atom stereocenters. The number of ether oxygens (including phenoxy) is 1. The van der Waals surface area contributed by atoms with Gasteiger partial charge in [-0.1, -0.05) is 12.1 Å². The summed E-state index contributed by atoms with van der Waals surface area (Å²) < 4.78 is 63.4. The number of nitrogens with one attached hydrogen (secondary N) is 1. The van der Waals surface area contributed by atoms with Crippen molar-refractivity contribution in [2.75, 3.05) is 24.7 Å². The highest BCUT2D eigenvalue weighted by Gasteiger charge is 2.45. The zero-order valence-electron chi connectivity index (χ0n) is 26.0. The van der Waals surface area contributed by atoms with E-state index in [4.69, 9.17) is 4.74 Å². The van der Waals surface area contributed by atoms with Crippen LogP contribution in [-0.2, 0) is 23.0 Å². The van der Waals surface area contributed by atoms with Gasteiger partial charge in [-0.3, -0.25) is 19.1 Å². The van der Waals surface area contributed by atoms with E-state index in [0.29, 0.717) is 10.9 Å². The predicted molar refractivity (Wildman–Crippen MR) is 170 cm³/mol. The Balaban J connectivity index is 1.32. The molecule has 5 aromatic rings. The summed E-state index contributed by atoms with van der Waals surface area (Å²) >= 11 is 0. The first-order chi connectivity index (χ1) is 23.3. The number of fused-ring (bicyclic) bond motifs is 2. The third-order valence-electron chi connectivity index (χ3n) is 8.46. The normalized spacial score (nSPS) is 15.8. The highest BCUT2D eigenvalue weighted by molar-refractivity contribution is 5.99. The summed E-state index contributed by atoms with van der Waals surface area (Å²) in [6, 6.07) is 7.69. The Morgan fingerprint density at radius 3 is 2.49 bits per heavy atom. The van der Waals surface area contributed by atoms with Crippen LogP contribution < -0.4 is 21.5 Å². The lowest BCUT2D eigenvalue weighted by molar-refractivity contribution is -0.167. The monoisotopic (exact) mass is 680 g/mol. The number of aromatic nitrogens is 4. The second-order valence-electron chi connectivity index (χ2n) is 11.5. The first kappa shape index (κ1) is 33.3. The molecule has 12 nitrogen and oxygen atoms in total. The Morgan fingerprint density at radius 2 is 1.80 bits per heavy atom. The van der Waals surface area contributed by atoms with Crippen molar-refractivity contribution in [1.29, 1.82) is 0 Å². The molecule has 49 heavy (non-hydrogen) atoms. The lowest BCUT2D eigenvalue weighted by Gasteiger charge is -2.38. The van der Waals surface area contributed by atoms with Crippen molar-refractivity contribution in [2.24, 2.45) is 7.05 Å². The summed E-state index contributed by atoms with van der Waals surface area (Å²) in [5.74, 6) is -3.65. The van der Waals surface area contributed by atoms with Gasteiger partial charge in [0.25, 0.3) is 11.5 Å². The van der Waals surface area contributed by atoms with E-state index in [9.17, 15) is 37.5 Å². The molecule has 1 saturated heterocycles. The largest absolute Gasteiger partial charge is 0.480 e. The van der Waals surface area contributed by atoms with Crippen LogP contribution in [0.5, 0.6) is 0 Å². The lowest BCUT2D eigenvalue weighted by atomic mass is 9.99. The number of pyridine rings is 2. The molecule has 0 saturated carbocycles. The number of halogens is 4. The SMILES string of the molecule is Cc1cc(N2CCOC[C@@H]2C(F)(F)F)cc(F)c1C(=O)NC(Cc1ccc(-n2c(=O)c3cccnc3n(C)c2=O)c2ncccc12)C(=O)O. The Hall–Kier alpha value is -5.64. The highest BCUT2D eigenvalue weighted by Crippen LogP contribution is 2.33. The highest BCUT2D eigenvalue weighted by atomic mass is 19.4. The summed E-state index contributed by atoms with van der Waals surface area (Å²) in [5, 5.41) is 12.9. The third kappa shape index (κ3) is 6.10. The quantitative estimate of drug-likeness (QED) is 0.247. The fraction of sp³-hybridized carbons (Fsp3) is 0.273. The van der Waals surface area contributed by atoms with Gasteiger partial charge in [0.2, 0.25) is 0 Å². The lowest BCUT2D eigenvalue weighted by Crippen LogP contribution is -2.53. The van der Waals surface area contributed by atoms with E-state index >= 15 is 4.39 Å². The van der Waals surface area contributed by atoms with Crippen LogP contribution in [-0.4, -0.2) is 74.1 Å². The Kier molecular flexibility index (Phi) is 8.66. The molecule has 16 heteroatoms. The van der Waals surface area contributed by atoms with Crippen molar-refractivity contribution in [3.63, 3.8) is 0 Å². The van der Waals surface area contributed by atoms with E-state index < -0.39 is 59.4 Å². The number of morpholine rings is 1. The fourth-order valence-corrected chi connectivity index (χ4v) is 6.08. The molecule has 2 N–H and O–H groups in total. The maximum absolute atomic E-state index is 15.4. The number of nitrogens with zero attached hydrogens (tertiary/aromatic N) is 5. The number of hydrogen-bond acceptors (Lipinski definition) is 8. The Labute approximate surface area is 274 Å². The van der Waals surface area contributed by atoms with Crippen molar-refractivity contribution in [2.45, 2.75) is 31.6 Å². The third-order valence-corrected chi connectivity index (χ3v) is 8.46. The molecule has 0 aliphatic carbocycles. The molecule has 1 amide bonds. The minimum Gasteiger partial charge on any atom is -0.480 e. The molecular formula is C33H28F4N6O6. The summed E-state index contributed by atoms with van der Waals surface area (Å²) in [7, 11) is 1.47. The number of amides is 1. The van der Waals surface area contributed by atoms with Gasteiger partial charge in [-0.2, -0.15) is 13.2 Å². The van der Waals surface area contributed by atoms with E-state index in [2.05, 4.69) is 15.3 Å². The van der Waals surface area contributed by atoms with E-state index in [-0.39, 0.29) is 53.1 Å². The second-order valence-corrected chi connectivity index (χ2v) is 11.5. The zero-order valence-corrected chi connectivity index (χ0v) is 26.0. The average molecular weight is 681 g/mol. The van der Waals surface area contributed by atoms with Gasteiger partial charge >= 0.3 is 17.8 Å². The molecule has 1 unspecified atom stereocenters. The number of alkyl halides is 3. The molecule has 3 aromatic heterocycles. The topological polar surface area (TPSA) is 149 Å². The average Bonchev–Trinajstić information content (AvgIpc) is 3.07. The number of carbonyl (C=O) groups is 2. The zero-order chi connectivity index (χ0) is 35.2. The van der Waals surface area contributed by atoms with Crippen LogP contribution in [0.1, 0.15) is 21.5 Å². The molecule has 0 spiro atoms. The van der Waals surface area contributed by atoms with Gasteiger partial charge < -0.3 is 20.1 Å². The smallest absolute Gasteiger partial charge is 0.411 e. The molecule has 1 aliphatic rings.